The van der Waals surface area contributed by atoms with Crippen molar-refractivity contribution in [2.24, 2.45) is 0 Å². The van der Waals surface area contributed by atoms with Crippen LogP contribution < -0.4 is 20.3 Å². The molecule has 2 N–H and O–H groups in total. The Balaban J connectivity index is 1.40. The Labute approximate surface area is 186 Å². The number of benzene rings is 2. The van der Waals surface area contributed by atoms with Gasteiger partial charge in [-0.05, 0) is 30.5 Å². The van der Waals surface area contributed by atoms with Gasteiger partial charge in [0.1, 0.15) is 13.2 Å². The quantitative estimate of drug-likeness (QED) is 0.638. The molecule has 1 fully saturated rings. The predicted octanol–water partition coefficient (Wildman–Crippen LogP) is 3.95. The van der Waals surface area contributed by atoms with Crippen LogP contribution in [0.5, 0.6) is 11.5 Å². The minimum absolute atomic E-state index is 0.137. The van der Waals surface area contributed by atoms with Gasteiger partial charge in [0, 0.05) is 29.6 Å². The fourth-order valence-corrected chi connectivity index (χ4v) is 4.55. The summed E-state index contributed by atoms with van der Waals surface area (Å²) in [5.41, 5.74) is 2.12. The average molecular weight is 434 g/mol. The summed E-state index contributed by atoms with van der Waals surface area (Å²) in [6.07, 6.45) is 4.13. The molecule has 32 heavy (non-hydrogen) atoms. The minimum atomic E-state index is -0.187. The number of urea groups is 1. The van der Waals surface area contributed by atoms with Crippen LogP contribution in [0.2, 0.25) is 0 Å². The van der Waals surface area contributed by atoms with E-state index in [4.69, 9.17) is 9.47 Å². The lowest BCUT2D eigenvalue weighted by molar-refractivity contribution is 0.170. The van der Waals surface area contributed by atoms with Gasteiger partial charge in [0.25, 0.3) is 5.56 Å². The van der Waals surface area contributed by atoms with Crippen molar-refractivity contribution in [1.29, 1.82) is 0 Å². The molecular formula is C25H27N3O4. The van der Waals surface area contributed by atoms with E-state index >= 15 is 0 Å². The summed E-state index contributed by atoms with van der Waals surface area (Å²) < 4.78 is 11.3. The SMILES string of the molecule is O=C(NCc1ccccc1)N(Cc1cc2cc3c(cc2[nH]c1=O)OCCO3)C1CCCC1. The summed E-state index contributed by atoms with van der Waals surface area (Å²) in [5.74, 6) is 1.31. The largest absolute Gasteiger partial charge is 0.486 e. The third kappa shape index (κ3) is 4.28. The number of H-pyrrole nitrogens is 1. The fourth-order valence-electron chi connectivity index (χ4n) is 4.55. The molecule has 0 spiro atoms. The Morgan fingerprint density at radius 1 is 1.03 bits per heavy atom. The van der Waals surface area contributed by atoms with Crippen LogP contribution in [0.1, 0.15) is 36.8 Å². The van der Waals surface area contributed by atoms with Crippen LogP contribution in [0.3, 0.4) is 0 Å². The molecule has 7 heteroatoms. The number of hydrogen-bond acceptors (Lipinski definition) is 4. The van der Waals surface area contributed by atoms with Crippen molar-refractivity contribution >= 4 is 16.9 Å². The summed E-state index contributed by atoms with van der Waals surface area (Å²) >= 11 is 0. The maximum atomic E-state index is 13.1. The molecule has 2 aliphatic rings. The zero-order valence-electron chi connectivity index (χ0n) is 17.9. The Hall–Kier alpha value is -3.48. The number of aromatic nitrogens is 1. The van der Waals surface area contributed by atoms with E-state index in [-0.39, 0.29) is 24.2 Å². The molecule has 1 aromatic heterocycles. The van der Waals surface area contributed by atoms with Gasteiger partial charge in [-0.15, -0.1) is 0 Å². The number of nitrogens with zero attached hydrogens (tertiary/aromatic N) is 1. The van der Waals surface area contributed by atoms with E-state index in [9.17, 15) is 9.59 Å². The zero-order valence-corrected chi connectivity index (χ0v) is 17.9. The number of pyridine rings is 1. The molecule has 0 saturated heterocycles. The van der Waals surface area contributed by atoms with Crippen molar-refractivity contribution in [1.82, 2.24) is 15.2 Å². The van der Waals surface area contributed by atoms with Crippen LogP contribution in [0.4, 0.5) is 4.79 Å². The van der Waals surface area contributed by atoms with E-state index in [1.54, 1.807) is 6.07 Å². The van der Waals surface area contributed by atoms with Crippen LogP contribution in [0.25, 0.3) is 10.9 Å². The molecule has 1 aliphatic carbocycles. The summed E-state index contributed by atoms with van der Waals surface area (Å²) in [6.45, 7) is 1.73. The van der Waals surface area contributed by atoms with E-state index in [1.165, 1.54) is 0 Å². The number of amides is 2. The third-order valence-corrected chi connectivity index (χ3v) is 6.24. The number of carbonyl (C=O) groups is 1. The second kappa shape index (κ2) is 8.94. The standard InChI is InChI=1S/C25H27N3O4/c29-24-19(12-18-13-22-23(14-21(18)27-24)32-11-10-31-22)16-28(20-8-4-5-9-20)25(30)26-15-17-6-2-1-3-7-17/h1-3,6-7,12-14,20H,4-5,8-11,15-16H2,(H,26,30)(H,27,29). The lowest BCUT2D eigenvalue weighted by atomic mass is 10.1. The Morgan fingerprint density at radius 3 is 2.50 bits per heavy atom. The molecule has 0 radical (unpaired) electrons. The molecule has 7 nitrogen and oxygen atoms in total. The second-order valence-corrected chi connectivity index (χ2v) is 8.42. The highest BCUT2D eigenvalue weighted by Crippen LogP contribution is 2.34. The first-order chi connectivity index (χ1) is 15.7. The molecular weight excluding hydrogens is 406 g/mol. The van der Waals surface area contributed by atoms with E-state index in [0.717, 1.165) is 36.6 Å². The van der Waals surface area contributed by atoms with Gasteiger partial charge in [-0.2, -0.15) is 0 Å². The first-order valence-electron chi connectivity index (χ1n) is 11.2. The van der Waals surface area contributed by atoms with E-state index in [2.05, 4.69) is 10.3 Å². The minimum Gasteiger partial charge on any atom is -0.486 e. The first-order valence-corrected chi connectivity index (χ1v) is 11.2. The smallest absolute Gasteiger partial charge is 0.318 e. The highest BCUT2D eigenvalue weighted by molar-refractivity contribution is 5.83. The van der Waals surface area contributed by atoms with Gasteiger partial charge in [0.05, 0.1) is 12.1 Å². The molecule has 166 valence electrons. The van der Waals surface area contributed by atoms with Crippen molar-refractivity contribution in [3.05, 3.63) is 70.0 Å². The number of fused-ring (bicyclic) bond motifs is 2. The molecule has 0 atom stereocenters. The molecule has 2 amide bonds. The van der Waals surface area contributed by atoms with Crippen molar-refractivity contribution in [2.45, 2.75) is 44.8 Å². The Kier molecular flexibility index (Phi) is 5.71. The second-order valence-electron chi connectivity index (χ2n) is 8.42. The van der Waals surface area contributed by atoms with Crippen molar-refractivity contribution < 1.29 is 14.3 Å². The summed E-state index contributed by atoms with van der Waals surface area (Å²) in [4.78, 5) is 30.8. The van der Waals surface area contributed by atoms with Crippen LogP contribution in [-0.4, -0.2) is 35.2 Å². The number of carbonyl (C=O) groups excluding carboxylic acids is 1. The molecule has 0 bridgehead atoms. The number of nitrogens with one attached hydrogen (secondary N) is 2. The highest BCUT2D eigenvalue weighted by Gasteiger charge is 2.27. The molecule has 2 heterocycles. The predicted molar refractivity (Wildman–Crippen MR) is 122 cm³/mol. The molecule has 0 unspecified atom stereocenters. The summed E-state index contributed by atoms with van der Waals surface area (Å²) in [7, 11) is 0. The van der Waals surface area contributed by atoms with E-state index in [1.807, 2.05) is 47.4 Å². The van der Waals surface area contributed by atoms with Crippen LogP contribution in [0.15, 0.2) is 53.3 Å². The van der Waals surface area contributed by atoms with Gasteiger partial charge in [-0.1, -0.05) is 43.2 Å². The van der Waals surface area contributed by atoms with Gasteiger partial charge in [0.2, 0.25) is 0 Å². The maximum absolute atomic E-state index is 13.1. The lowest BCUT2D eigenvalue weighted by Gasteiger charge is -2.29. The average Bonchev–Trinajstić information content (AvgIpc) is 3.35. The maximum Gasteiger partial charge on any atom is 0.318 e. The van der Waals surface area contributed by atoms with Crippen LogP contribution >= 0.6 is 0 Å². The number of aromatic amines is 1. The van der Waals surface area contributed by atoms with Crippen molar-refractivity contribution in [3.63, 3.8) is 0 Å². The first kappa shape index (κ1) is 20.4. The molecule has 3 aromatic rings. The highest BCUT2D eigenvalue weighted by atomic mass is 16.6. The number of hydrogen-bond donors (Lipinski definition) is 2. The zero-order chi connectivity index (χ0) is 21.9. The monoisotopic (exact) mass is 433 g/mol. The van der Waals surface area contributed by atoms with Crippen LogP contribution in [0, 0.1) is 0 Å². The third-order valence-electron chi connectivity index (χ3n) is 6.24. The van der Waals surface area contributed by atoms with E-state index < -0.39 is 0 Å². The lowest BCUT2D eigenvalue weighted by Crippen LogP contribution is -2.45. The van der Waals surface area contributed by atoms with Gasteiger partial charge in [-0.3, -0.25) is 4.79 Å². The van der Waals surface area contributed by atoms with Gasteiger partial charge in [-0.25, -0.2) is 4.79 Å². The topological polar surface area (TPSA) is 83.7 Å². The molecule has 1 aliphatic heterocycles. The molecule has 5 rings (SSSR count). The van der Waals surface area contributed by atoms with Gasteiger partial charge < -0.3 is 24.7 Å². The van der Waals surface area contributed by atoms with Crippen molar-refractivity contribution in [2.75, 3.05) is 13.2 Å². The Morgan fingerprint density at radius 2 is 1.75 bits per heavy atom. The summed E-state index contributed by atoms with van der Waals surface area (Å²) in [5, 5.41) is 3.89. The van der Waals surface area contributed by atoms with Crippen molar-refractivity contribution in [3.8, 4) is 11.5 Å². The molecule has 1 saturated carbocycles. The summed E-state index contributed by atoms with van der Waals surface area (Å²) in [6, 6.07) is 15.4. The number of rotatable bonds is 5. The van der Waals surface area contributed by atoms with E-state index in [0.29, 0.717) is 42.3 Å². The number of ether oxygens (including phenoxy) is 2. The van der Waals surface area contributed by atoms with Gasteiger partial charge in [0.15, 0.2) is 11.5 Å². The molecule has 2 aromatic carbocycles. The normalized spacial score (nSPS) is 15.6. The fraction of sp³-hybridized carbons (Fsp3) is 0.360. The van der Waals surface area contributed by atoms with Crippen LogP contribution in [-0.2, 0) is 13.1 Å². The Bertz CT molecular complexity index is 1170. The van der Waals surface area contributed by atoms with Gasteiger partial charge >= 0.3 is 6.03 Å².